The number of carbonyl (C=O) groups excluding carboxylic acids is 4. The van der Waals surface area contributed by atoms with E-state index in [9.17, 15) is 29.1 Å². The number of likely N-dealkylation sites (tertiary alicyclic amines) is 1. The topological polar surface area (TPSA) is 155 Å². The highest BCUT2D eigenvalue weighted by molar-refractivity contribution is 6.06. The van der Waals surface area contributed by atoms with Crippen LogP contribution in [0.2, 0.25) is 0 Å². The van der Waals surface area contributed by atoms with Crippen LogP contribution in [0.4, 0.5) is 14.4 Å². The summed E-state index contributed by atoms with van der Waals surface area (Å²) in [6, 6.07) is 0. The van der Waals surface area contributed by atoms with Crippen molar-refractivity contribution in [1.29, 1.82) is 0 Å². The van der Waals surface area contributed by atoms with E-state index < -0.39 is 58.3 Å². The number of carboxylic acids is 1. The van der Waals surface area contributed by atoms with Gasteiger partial charge in [-0.1, -0.05) is 0 Å². The van der Waals surface area contributed by atoms with Crippen LogP contribution in [0.5, 0.6) is 0 Å². The molecular formula is C26H45NO11. The Morgan fingerprint density at radius 3 is 1.37 bits per heavy atom. The third-order valence-corrected chi connectivity index (χ3v) is 4.28. The Morgan fingerprint density at radius 1 is 0.632 bits per heavy atom. The van der Waals surface area contributed by atoms with Gasteiger partial charge in [0.15, 0.2) is 0 Å². The first-order valence-corrected chi connectivity index (χ1v) is 12.4. The van der Waals surface area contributed by atoms with E-state index in [2.05, 4.69) is 4.74 Å². The Balaban J connectivity index is 0.000000793. The first kappa shape index (κ1) is 35.0. The number of aliphatic carboxylic acids is 1. The molecule has 1 amide bonds. The van der Waals surface area contributed by atoms with Crippen LogP contribution in [0.3, 0.4) is 0 Å². The number of carbonyl (C=O) groups is 5. The lowest BCUT2D eigenvalue weighted by atomic mass is 9.86. The summed E-state index contributed by atoms with van der Waals surface area (Å²) < 4.78 is 24.4. The van der Waals surface area contributed by atoms with Gasteiger partial charge in [-0.25, -0.2) is 24.0 Å². The molecule has 220 valence electrons. The van der Waals surface area contributed by atoms with E-state index in [-0.39, 0.29) is 13.0 Å². The van der Waals surface area contributed by atoms with E-state index in [0.717, 1.165) is 4.90 Å². The molecule has 1 rings (SSSR count). The first-order valence-electron chi connectivity index (χ1n) is 12.4. The minimum atomic E-state index is -2.03. The molecule has 0 aromatic carbocycles. The minimum Gasteiger partial charge on any atom is -0.479 e. The minimum absolute atomic E-state index is 0.0104. The fraction of sp³-hybridized carbons (Fsp3) is 0.808. The smallest absolute Gasteiger partial charge is 0.479 e. The zero-order chi connectivity index (χ0) is 30.3. The molecule has 0 bridgehead atoms. The predicted molar refractivity (Wildman–Crippen MR) is 137 cm³/mol. The molecule has 0 spiro atoms. The molecule has 0 aliphatic carbocycles. The fourth-order valence-electron chi connectivity index (χ4n) is 3.03. The fourth-order valence-corrected chi connectivity index (χ4v) is 3.03. The summed E-state index contributed by atoms with van der Waals surface area (Å²) in [5.41, 5.74) is -5.06. The molecule has 0 saturated carbocycles. The van der Waals surface area contributed by atoms with E-state index in [1.165, 1.54) is 0 Å². The van der Waals surface area contributed by atoms with E-state index in [1.807, 2.05) is 0 Å². The highest BCUT2D eigenvalue weighted by Gasteiger charge is 2.57. The van der Waals surface area contributed by atoms with Gasteiger partial charge in [0.25, 0.3) is 0 Å². The zero-order valence-electron chi connectivity index (χ0n) is 24.8. The third kappa shape index (κ3) is 13.0. The molecule has 0 radical (unpaired) electrons. The van der Waals surface area contributed by atoms with E-state index >= 15 is 0 Å². The highest BCUT2D eigenvalue weighted by atomic mass is 16.8. The summed E-state index contributed by atoms with van der Waals surface area (Å²) in [4.78, 5) is 60.0. The standard InChI is InChI=1S/C16H27NO6.C10H18O5/c1-14(2,3)22-12(20)16(11(18)19)9-7-8-10-17(16)13(21)23-15(4,5)6;1-9(2,3)14-7(11)13-8(12)15-10(4,5)6/h7-10H2,1-6H3,(H,18,19);1-6H3. The van der Waals surface area contributed by atoms with Gasteiger partial charge in [0.2, 0.25) is 5.54 Å². The van der Waals surface area contributed by atoms with Crippen LogP contribution in [0, 0.1) is 0 Å². The van der Waals surface area contributed by atoms with Gasteiger partial charge >= 0.3 is 30.3 Å². The van der Waals surface area contributed by atoms with Crippen LogP contribution in [-0.4, -0.2) is 74.8 Å². The summed E-state index contributed by atoms with van der Waals surface area (Å²) in [7, 11) is 0. The molecule has 0 aromatic rings. The van der Waals surface area contributed by atoms with Crippen molar-refractivity contribution in [3.8, 4) is 0 Å². The molecule has 1 N–H and O–H groups in total. The summed E-state index contributed by atoms with van der Waals surface area (Å²) in [6.07, 6.45) is -1.79. The van der Waals surface area contributed by atoms with Crippen LogP contribution in [0.25, 0.3) is 0 Å². The second-order valence-electron chi connectivity index (χ2n) is 12.8. The maximum Gasteiger partial charge on any atom is 0.519 e. The van der Waals surface area contributed by atoms with Gasteiger partial charge in [-0.15, -0.1) is 0 Å². The zero-order valence-corrected chi connectivity index (χ0v) is 24.8. The maximum absolute atomic E-state index is 12.6. The summed E-state index contributed by atoms with van der Waals surface area (Å²) in [5, 5.41) is 9.72. The Morgan fingerprint density at radius 2 is 1.03 bits per heavy atom. The summed E-state index contributed by atoms with van der Waals surface area (Å²) in [5.74, 6) is -2.32. The number of rotatable bonds is 2. The lowest BCUT2D eigenvalue weighted by molar-refractivity contribution is -0.181. The quantitative estimate of drug-likeness (QED) is 0.267. The Bertz CT molecular complexity index is 844. The van der Waals surface area contributed by atoms with Crippen LogP contribution < -0.4 is 0 Å². The number of hydrogen-bond acceptors (Lipinski definition) is 10. The van der Waals surface area contributed by atoms with Crippen LogP contribution >= 0.6 is 0 Å². The molecule has 1 aliphatic heterocycles. The average molecular weight is 548 g/mol. The van der Waals surface area contributed by atoms with E-state index in [4.69, 9.17) is 18.9 Å². The molecule has 1 unspecified atom stereocenters. The molecule has 0 aromatic heterocycles. The first-order chi connectivity index (χ1) is 16.8. The van der Waals surface area contributed by atoms with E-state index in [0.29, 0.717) is 12.8 Å². The largest absolute Gasteiger partial charge is 0.519 e. The number of esters is 1. The van der Waals surface area contributed by atoms with Gasteiger partial charge in [0.1, 0.15) is 22.4 Å². The van der Waals surface area contributed by atoms with Crippen LogP contribution in [0.1, 0.15) is 102 Å². The Labute approximate surface area is 225 Å². The molecule has 1 heterocycles. The van der Waals surface area contributed by atoms with Gasteiger partial charge in [-0.2, -0.15) is 0 Å². The van der Waals surface area contributed by atoms with Gasteiger partial charge in [0, 0.05) is 6.54 Å². The van der Waals surface area contributed by atoms with Crippen molar-refractivity contribution in [2.24, 2.45) is 0 Å². The Kier molecular flexibility index (Phi) is 11.6. The SMILES string of the molecule is CC(C)(C)OC(=O)N1CCCCC1(C(=O)O)C(=O)OC(C)(C)C.CC(C)(C)OC(=O)OC(=O)OC(C)(C)C. The van der Waals surface area contributed by atoms with Crippen molar-refractivity contribution in [1.82, 2.24) is 4.90 Å². The van der Waals surface area contributed by atoms with Gasteiger partial charge in [-0.3, -0.25) is 4.90 Å². The maximum atomic E-state index is 12.6. The number of piperidine rings is 1. The molecule has 1 atom stereocenters. The molecule has 1 saturated heterocycles. The predicted octanol–water partition coefficient (Wildman–Crippen LogP) is 5.45. The number of ether oxygens (including phenoxy) is 5. The van der Waals surface area contributed by atoms with Crippen molar-refractivity contribution in [2.45, 2.75) is 130 Å². The third-order valence-electron chi connectivity index (χ3n) is 4.28. The number of carboxylic acid groups (broad SMARTS) is 1. The molecule has 12 heteroatoms. The molecule has 1 aliphatic rings. The van der Waals surface area contributed by atoms with Crippen LogP contribution in [0.15, 0.2) is 0 Å². The van der Waals surface area contributed by atoms with Gasteiger partial charge < -0.3 is 28.8 Å². The lowest BCUT2D eigenvalue weighted by Gasteiger charge is -2.42. The molecule has 12 nitrogen and oxygen atoms in total. The van der Waals surface area contributed by atoms with Crippen molar-refractivity contribution in [2.75, 3.05) is 6.54 Å². The highest BCUT2D eigenvalue weighted by Crippen LogP contribution is 2.33. The number of nitrogens with zero attached hydrogens (tertiary/aromatic N) is 1. The molecule has 1 fully saturated rings. The van der Waals surface area contributed by atoms with Gasteiger partial charge in [0.05, 0.1) is 0 Å². The summed E-state index contributed by atoms with van der Waals surface area (Å²) >= 11 is 0. The second kappa shape index (κ2) is 12.7. The van der Waals surface area contributed by atoms with Crippen molar-refractivity contribution in [3.05, 3.63) is 0 Å². The molecule has 38 heavy (non-hydrogen) atoms. The van der Waals surface area contributed by atoms with Gasteiger partial charge in [-0.05, 0) is 102 Å². The molecular weight excluding hydrogens is 502 g/mol. The van der Waals surface area contributed by atoms with Crippen molar-refractivity contribution < 1.29 is 52.8 Å². The lowest BCUT2D eigenvalue weighted by Crippen LogP contribution is -2.65. The number of amides is 1. The summed E-state index contributed by atoms with van der Waals surface area (Å²) in [6.45, 7) is 20.2. The Hall–Kier alpha value is -3.05. The average Bonchev–Trinajstić information content (AvgIpc) is 2.62. The monoisotopic (exact) mass is 547 g/mol. The van der Waals surface area contributed by atoms with Crippen molar-refractivity contribution >= 4 is 30.3 Å². The van der Waals surface area contributed by atoms with E-state index in [1.54, 1.807) is 83.1 Å². The second-order valence-corrected chi connectivity index (χ2v) is 12.8. The number of hydrogen-bond donors (Lipinski definition) is 1. The van der Waals surface area contributed by atoms with Crippen LogP contribution in [-0.2, 0) is 33.3 Å². The normalized spacial score (nSPS) is 18.3. The van der Waals surface area contributed by atoms with Crippen molar-refractivity contribution in [3.63, 3.8) is 0 Å².